The highest BCUT2D eigenvalue weighted by Crippen LogP contribution is 2.31. The highest BCUT2D eigenvalue weighted by atomic mass is 16.5. The fourth-order valence-electron chi connectivity index (χ4n) is 3.41. The molecule has 0 radical (unpaired) electrons. The van der Waals surface area contributed by atoms with Crippen LogP contribution >= 0.6 is 0 Å². The fourth-order valence-corrected chi connectivity index (χ4v) is 3.41. The smallest absolute Gasteiger partial charge is 0.150 e. The Morgan fingerprint density at radius 3 is 2.85 bits per heavy atom. The van der Waals surface area contributed by atoms with Crippen LogP contribution < -0.4 is 0 Å². The van der Waals surface area contributed by atoms with E-state index in [0.717, 1.165) is 18.9 Å². The van der Waals surface area contributed by atoms with Gasteiger partial charge in [0.25, 0.3) is 0 Å². The van der Waals surface area contributed by atoms with Gasteiger partial charge >= 0.3 is 0 Å². The zero-order valence-corrected chi connectivity index (χ0v) is 11.9. The first-order chi connectivity index (χ1) is 9.90. The van der Waals surface area contributed by atoms with Crippen molar-refractivity contribution in [1.29, 1.82) is 0 Å². The third kappa shape index (κ3) is 2.24. The summed E-state index contributed by atoms with van der Waals surface area (Å²) in [5.41, 5.74) is 2.68. The second-order valence-electron chi connectivity index (χ2n) is 6.30. The number of benzene rings is 1. The lowest BCUT2D eigenvalue weighted by Crippen LogP contribution is -2.19. The van der Waals surface area contributed by atoms with E-state index >= 15 is 0 Å². The first-order valence-electron chi connectivity index (χ1n) is 7.98. The van der Waals surface area contributed by atoms with Crippen molar-refractivity contribution in [3.05, 3.63) is 30.0 Å². The van der Waals surface area contributed by atoms with Crippen molar-refractivity contribution in [3.63, 3.8) is 0 Å². The molecule has 1 unspecified atom stereocenters. The second-order valence-corrected chi connectivity index (χ2v) is 6.30. The predicted molar refractivity (Wildman–Crippen MR) is 79.6 cm³/mol. The Balaban J connectivity index is 1.60. The molecule has 20 heavy (non-hydrogen) atoms. The zero-order valence-electron chi connectivity index (χ0n) is 11.9. The topological polar surface area (TPSA) is 27.1 Å². The van der Waals surface area contributed by atoms with Crippen LogP contribution in [-0.2, 0) is 11.2 Å². The molecule has 1 aliphatic heterocycles. The van der Waals surface area contributed by atoms with Gasteiger partial charge in [-0.1, -0.05) is 25.3 Å². The Bertz CT molecular complexity index is 594. The Hall–Kier alpha value is -1.35. The summed E-state index contributed by atoms with van der Waals surface area (Å²) >= 11 is 0. The van der Waals surface area contributed by atoms with Gasteiger partial charge in [-0.3, -0.25) is 0 Å². The quantitative estimate of drug-likeness (QED) is 0.840. The highest BCUT2D eigenvalue weighted by molar-refractivity contribution is 5.79. The van der Waals surface area contributed by atoms with E-state index < -0.39 is 0 Å². The van der Waals surface area contributed by atoms with E-state index in [-0.39, 0.29) is 6.23 Å². The lowest BCUT2D eigenvalue weighted by Gasteiger charge is -2.25. The molecule has 2 fully saturated rings. The van der Waals surface area contributed by atoms with E-state index in [1.165, 1.54) is 55.0 Å². The van der Waals surface area contributed by atoms with Crippen molar-refractivity contribution >= 4 is 10.9 Å². The summed E-state index contributed by atoms with van der Waals surface area (Å²) in [7, 11) is 0. The predicted octanol–water partition coefficient (Wildman–Crippen LogP) is 4.08. The Morgan fingerprint density at radius 1 is 1.15 bits per heavy atom. The molecule has 2 heterocycles. The van der Waals surface area contributed by atoms with Gasteiger partial charge in [0.2, 0.25) is 0 Å². The van der Waals surface area contributed by atoms with Crippen molar-refractivity contribution in [3.8, 4) is 0 Å². The summed E-state index contributed by atoms with van der Waals surface area (Å²) in [5.74, 6) is 0.921. The number of ether oxygens (including phenoxy) is 1. The molecule has 1 atom stereocenters. The second kappa shape index (κ2) is 5.21. The van der Waals surface area contributed by atoms with Gasteiger partial charge < -0.3 is 4.74 Å². The first kappa shape index (κ1) is 12.4. The molecule has 2 aliphatic rings. The molecule has 0 amide bonds. The summed E-state index contributed by atoms with van der Waals surface area (Å²) in [4.78, 5) is 0. The maximum Gasteiger partial charge on any atom is 0.150 e. The number of hydrogen-bond donors (Lipinski definition) is 0. The van der Waals surface area contributed by atoms with E-state index in [0.29, 0.717) is 0 Å². The molecule has 1 saturated heterocycles. The summed E-state index contributed by atoms with van der Waals surface area (Å²) < 4.78 is 7.92. The molecule has 0 N–H and O–H groups in total. The average molecular weight is 270 g/mol. The lowest BCUT2D eigenvalue weighted by atomic mass is 9.81. The average Bonchev–Trinajstić information content (AvgIpc) is 2.87. The minimum Gasteiger partial charge on any atom is -0.356 e. The number of aromatic nitrogens is 2. The van der Waals surface area contributed by atoms with Crippen LogP contribution in [0, 0.1) is 5.92 Å². The number of nitrogens with zero attached hydrogens (tertiary/aromatic N) is 2. The van der Waals surface area contributed by atoms with Crippen LogP contribution in [0.5, 0.6) is 0 Å². The molecule has 1 aromatic heterocycles. The zero-order chi connectivity index (χ0) is 13.4. The van der Waals surface area contributed by atoms with Crippen LogP contribution in [-0.4, -0.2) is 16.4 Å². The van der Waals surface area contributed by atoms with E-state index in [9.17, 15) is 0 Å². The Morgan fingerprint density at radius 2 is 2.10 bits per heavy atom. The van der Waals surface area contributed by atoms with Crippen LogP contribution in [0.3, 0.4) is 0 Å². The van der Waals surface area contributed by atoms with Crippen molar-refractivity contribution in [2.45, 2.75) is 51.2 Å². The van der Waals surface area contributed by atoms with E-state index in [1.807, 2.05) is 6.20 Å². The maximum atomic E-state index is 5.85. The normalized spacial score (nSPS) is 23.9. The molecule has 106 valence electrons. The van der Waals surface area contributed by atoms with Gasteiger partial charge in [0.05, 0.1) is 11.7 Å². The molecule has 2 aromatic rings. The van der Waals surface area contributed by atoms with Gasteiger partial charge in [-0.15, -0.1) is 0 Å². The van der Waals surface area contributed by atoms with Crippen LogP contribution in [0.25, 0.3) is 10.9 Å². The molecule has 0 bridgehead atoms. The van der Waals surface area contributed by atoms with E-state index in [1.54, 1.807) is 0 Å². The molecular weight excluding hydrogens is 248 g/mol. The summed E-state index contributed by atoms with van der Waals surface area (Å²) in [6, 6.07) is 6.83. The standard InChI is InChI=1S/C17H22N2O/c1-2-9-20-17(6-1)19-16-8-7-14(10-13-4-3-5-13)11-15(16)12-18-19/h7-8,11-13,17H,1-6,9-10H2. The molecule has 1 saturated carbocycles. The lowest BCUT2D eigenvalue weighted by molar-refractivity contribution is -0.0366. The SMILES string of the molecule is c1cc2c(cnn2C2CCCCO2)cc1CC1CCC1. The third-order valence-corrected chi connectivity index (χ3v) is 4.84. The minimum absolute atomic E-state index is 0.138. The van der Waals surface area contributed by atoms with Crippen LogP contribution in [0.2, 0.25) is 0 Å². The van der Waals surface area contributed by atoms with Crippen molar-refractivity contribution in [1.82, 2.24) is 9.78 Å². The first-order valence-corrected chi connectivity index (χ1v) is 7.98. The highest BCUT2D eigenvalue weighted by Gasteiger charge is 2.20. The van der Waals surface area contributed by atoms with Crippen molar-refractivity contribution < 1.29 is 4.74 Å². The summed E-state index contributed by atoms with van der Waals surface area (Å²) in [6.45, 7) is 0.867. The molecule has 0 spiro atoms. The van der Waals surface area contributed by atoms with Gasteiger partial charge in [-0.2, -0.15) is 5.10 Å². The van der Waals surface area contributed by atoms with Gasteiger partial charge in [0, 0.05) is 12.0 Å². The Labute approximate surface area is 119 Å². The van der Waals surface area contributed by atoms with Crippen LogP contribution in [0.1, 0.15) is 50.3 Å². The van der Waals surface area contributed by atoms with E-state index in [4.69, 9.17) is 4.74 Å². The van der Waals surface area contributed by atoms with Crippen LogP contribution in [0.15, 0.2) is 24.4 Å². The monoisotopic (exact) mass is 270 g/mol. The van der Waals surface area contributed by atoms with Crippen LogP contribution in [0.4, 0.5) is 0 Å². The molecule has 4 rings (SSSR count). The molecule has 1 aliphatic carbocycles. The van der Waals surface area contributed by atoms with Crippen molar-refractivity contribution in [2.24, 2.45) is 5.92 Å². The number of fused-ring (bicyclic) bond motifs is 1. The Kier molecular flexibility index (Phi) is 3.23. The summed E-state index contributed by atoms with van der Waals surface area (Å²) in [6.07, 6.45) is 11.1. The van der Waals surface area contributed by atoms with Crippen molar-refractivity contribution in [2.75, 3.05) is 6.61 Å². The fraction of sp³-hybridized carbons (Fsp3) is 0.588. The van der Waals surface area contributed by atoms with Gasteiger partial charge in [-0.05, 0) is 49.3 Å². The van der Waals surface area contributed by atoms with Gasteiger partial charge in [0.1, 0.15) is 0 Å². The maximum absolute atomic E-state index is 5.85. The molecule has 3 nitrogen and oxygen atoms in total. The number of rotatable bonds is 3. The summed E-state index contributed by atoms with van der Waals surface area (Å²) in [5, 5.41) is 5.83. The molecule has 3 heteroatoms. The largest absolute Gasteiger partial charge is 0.356 e. The van der Waals surface area contributed by atoms with Gasteiger partial charge in [0.15, 0.2) is 6.23 Å². The molecule has 1 aromatic carbocycles. The third-order valence-electron chi connectivity index (χ3n) is 4.84. The van der Waals surface area contributed by atoms with E-state index in [2.05, 4.69) is 28.0 Å². The minimum atomic E-state index is 0.138. The molecular formula is C17H22N2O. The number of hydrogen-bond acceptors (Lipinski definition) is 2. The van der Waals surface area contributed by atoms with Gasteiger partial charge in [-0.25, -0.2) is 4.68 Å².